The van der Waals surface area contributed by atoms with E-state index in [1.165, 1.54) is 35.2 Å². The van der Waals surface area contributed by atoms with Crippen LogP contribution in [0.25, 0.3) is 0 Å². The molecule has 5 nitrogen and oxygen atoms in total. The number of aromatic nitrogens is 2. The molecule has 10 heteroatoms. The van der Waals surface area contributed by atoms with Crippen molar-refractivity contribution in [1.29, 1.82) is 0 Å². The molecular formula is C17H13F3N4OS2. The maximum Gasteiger partial charge on any atom is 0.416 e. The van der Waals surface area contributed by atoms with Crippen LogP contribution in [0, 0.1) is 0 Å². The summed E-state index contributed by atoms with van der Waals surface area (Å²) >= 11 is 2.50. The number of amides is 1. The standard InChI is InChI=1S/C17H13F3N4OS2/c18-17(19,20)11-6-8-13(9-7-11)21-14(25)10-26-16-24-23-15(27-16)22-12-4-2-1-3-5-12/h1-9H,10H2,(H,21,25)(H,22,23). The summed E-state index contributed by atoms with van der Waals surface area (Å²) < 4.78 is 38.2. The number of benzene rings is 2. The van der Waals surface area contributed by atoms with Crippen LogP contribution in [0.2, 0.25) is 0 Å². The number of carbonyl (C=O) groups is 1. The quantitative estimate of drug-likeness (QED) is 0.558. The molecule has 1 amide bonds. The third kappa shape index (κ3) is 5.69. The van der Waals surface area contributed by atoms with Gasteiger partial charge >= 0.3 is 6.18 Å². The van der Waals surface area contributed by atoms with Crippen molar-refractivity contribution in [2.45, 2.75) is 10.5 Å². The lowest BCUT2D eigenvalue weighted by atomic mass is 10.2. The van der Waals surface area contributed by atoms with Gasteiger partial charge in [-0.15, -0.1) is 10.2 Å². The van der Waals surface area contributed by atoms with E-state index in [1.54, 1.807) is 0 Å². The maximum atomic E-state index is 12.5. The van der Waals surface area contributed by atoms with E-state index in [0.717, 1.165) is 17.8 Å². The van der Waals surface area contributed by atoms with Gasteiger partial charge in [-0.1, -0.05) is 41.3 Å². The van der Waals surface area contributed by atoms with E-state index in [1.807, 2.05) is 30.3 Å². The third-order valence-corrected chi connectivity index (χ3v) is 5.23. The molecule has 0 bridgehead atoms. The Hall–Kier alpha value is -2.59. The van der Waals surface area contributed by atoms with Crippen LogP contribution in [0.15, 0.2) is 58.9 Å². The number of hydrogen-bond acceptors (Lipinski definition) is 6. The fraction of sp³-hybridized carbons (Fsp3) is 0.118. The van der Waals surface area contributed by atoms with Gasteiger partial charge in [0.2, 0.25) is 11.0 Å². The molecule has 0 aliphatic rings. The van der Waals surface area contributed by atoms with E-state index in [0.29, 0.717) is 15.2 Å². The molecule has 0 fully saturated rings. The summed E-state index contributed by atoms with van der Waals surface area (Å²) in [6, 6.07) is 13.8. The first kappa shape index (κ1) is 19.2. The number of halogens is 3. The van der Waals surface area contributed by atoms with Crippen molar-refractivity contribution >= 4 is 45.5 Å². The predicted octanol–water partition coefficient (Wildman–Crippen LogP) is 5.03. The van der Waals surface area contributed by atoms with Crippen LogP contribution < -0.4 is 10.6 Å². The van der Waals surface area contributed by atoms with Crippen LogP contribution in [0.5, 0.6) is 0 Å². The van der Waals surface area contributed by atoms with Gasteiger partial charge in [0, 0.05) is 11.4 Å². The molecule has 0 unspecified atom stereocenters. The molecule has 0 atom stereocenters. The van der Waals surface area contributed by atoms with Gasteiger partial charge in [0.15, 0.2) is 4.34 Å². The Morgan fingerprint density at radius 3 is 2.37 bits per heavy atom. The van der Waals surface area contributed by atoms with Gasteiger partial charge in [0.05, 0.1) is 11.3 Å². The van der Waals surface area contributed by atoms with Gasteiger partial charge in [0.25, 0.3) is 0 Å². The average Bonchev–Trinajstić information content (AvgIpc) is 3.08. The van der Waals surface area contributed by atoms with Gasteiger partial charge in [-0.3, -0.25) is 4.79 Å². The Morgan fingerprint density at radius 1 is 1.00 bits per heavy atom. The Labute approximate surface area is 161 Å². The Morgan fingerprint density at radius 2 is 1.70 bits per heavy atom. The van der Waals surface area contributed by atoms with Crippen LogP contribution in [0.4, 0.5) is 29.7 Å². The number of rotatable bonds is 6. The maximum absolute atomic E-state index is 12.5. The molecule has 2 aromatic carbocycles. The highest BCUT2D eigenvalue weighted by atomic mass is 32.2. The van der Waals surface area contributed by atoms with Crippen LogP contribution in [-0.2, 0) is 11.0 Å². The van der Waals surface area contributed by atoms with Crippen molar-refractivity contribution in [2.75, 3.05) is 16.4 Å². The second kappa shape index (κ2) is 8.40. The minimum absolute atomic E-state index is 0.0704. The van der Waals surface area contributed by atoms with E-state index >= 15 is 0 Å². The Kier molecular flexibility index (Phi) is 5.97. The number of carbonyl (C=O) groups excluding carboxylic acids is 1. The smallest absolute Gasteiger partial charge is 0.330 e. The largest absolute Gasteiger partial charge is 0.416 e. The van der Waals surface area contributed by atoms with E-state index in [-0.39, 0.29) is 11.7 Å². The Balaban J connectivity index is 1.49. The zero-order valence-electron chi connectivity index (χ0n) is 13.7. The number of anilines is 3. The van der Waals surface area contributed by atoms with Crippen LogP contribution in [0.1, 0.15) is 5.56 Å². The van der Waals surface area contributed by atoms with E-state index < -0.39 is 11.7 Å². The zero-order valence-corrected chi connectivity index (χ0v) is 15.3. The predicted molar refractivity (Wildman–Crippen MR) is 100 cm³/mol. The van der Waals surface area contributed by atoms with Crippen LogP contribution >= 0.6 is 23.1 Å². The summed E-state index contributed by atoms with van der Waals surface area (Å²) in [7, 11) is 0. The second-order valence-electron chi connectivity index (χ2n) is 5.28. The summed E-state index contributed by atoms with van der Waals surface area (Å²) in [5.41, 5.74) is 0.421. The topological polar surface area (TPSA) is 66.9 Å². The summed E-state index contributed by atoms with van der Waals surface area (Å²) in [4.78, 5) is 12.0. The summed E-state index contributed by atoms with van der Waals surface area (Å²) in [5.74, 6) is -0.270. The monoisotopic (exact) mass is 410 g/mol. The molecular weight excluding hydrogens is 397 g/mol. The molecule has 0 aliphatic heterocycles. The van der Waals surface area contributed by atoms with Gasteiger partial charge in [-0.2, -0.15) is 13.2 Å². The van der Waals surface area contributed by atoms with Crippen molar-refractivity contribution in [1.82, 2.24) is 10.2 Å². The molecule has 1 heterocycles. The molecule has 0 saturated heterocycles. The minimum Gasteiger partial charge on any atom is -0.330 e. The molecule has 0 spiro atoms. The van der Waals surface area contributed by atoms with Gasteiger partial charge in [0.1, 0.15) is 0 Å². The average molecular weight is 410 g/mol. The van der Waals surface area contributed by atoms with E-state index in [2.05, 4.69) is 20.8 Å². The lowest BCUT2D eigenvalue weighted by Crippen LogP contribution is -2.14. The van der Waals surface area contributed by atoms with Crippen molar-refractivity contribution in [2.24, 2.45) is 0 Å². The molecule has 0 radical (unpaired) electrons. The van der Waals surface area contributed by atoms with Crippen molar-refractivity contribution in [3.05, 3.63) is 60.2 Å². The molecule has 3 rings (SSSR count). The van der Waals surface area contributed by atoms with E-state index in [4.69, 9.17) is 0 Å². The number of hydrogen-bond donors (Lipinski definition) is 2. The highest BCUT2D eigenvalue weighted by molar-refractivity contribution is 8.01. The number of thioether (sulfide) groups is 1. The Bertz CT molecular complexity index is 899. The lowest BCUT2D eigenvalue weighted by Gasteiger charge is -2.08. The number of para-hydroxylation sites is 1. The molecule has 0 saturated carbocycles. The minimum atomic E-state index is -4.40. The van der Waals surface area contributed by atoms with Gasteiger partial charge in [-0.25, -0.2) is 0 Å². The number of nitrogens with one attached hydrogen (secondary N) is 2. The van der Waals surface area contributed by atoms with Crippen molar-refractivity contribution in [3.8, 4) is 0 Å². The normalized spacial score (nSPS) is 11.2. The second-order valence-corrected chi connectivity index (χ2v) is 7.48. The molecule has 2 N–H and O–H groups in total. The van der Waals surface area contributed by atoms with Gasteiger partial charge in [-0.05, 0) is 36.4 Å². The van der Waals surface area contributed by atoms with E-state index in [9.17, 15) is 18.0 Å². The fourth-order valence-corrected chi connectivity index (χ4v) is 3.60. The molecule has 1 aromatic heterocycles. The first-order chi connectivity index (χ1) is 12.9. The zero-order chi connectivity index (χ0) is 19.3. The number of alkyl halides is 3. The SMILES string of the molecule is O=C(CSc1nnc(Nc2ccccc2)s1)Nc1ccc(C(F)(F)F)cc1. The van der Waals surface area contributed by atoms with Crippen LogP contribution in [-0.4, -0.2) is 21.9 Å². The summed E-state index contributed by atoms with van der Waals surface area (Å²) in [6.07, 6.45) is -4.40. The van der Waals surface area contributed by atoms with Crippen molar-refractivity contribution in [3.63, 3.8) is 0 Å². The number of nitrogens with zero attached hydrogens (tertiary/aromatic N) is 2. The highest BCUT2D eigenvalue weighted by Gasteiger charge is 2.29. The fourth-order valence-electron chi connectivity index (χ4n) is 2.03. The first-order valence-corrected chi connectivity index (χ1v) is 9.46. The van der Waals surface area contributed by atoms with Crippen LogP contribution in [0.3, 0.4) is 0 Å². The van der Waals surface area contributed by atoms with Crippen molar-refractivity contribution < 1.29 is 18.0 Å². The first-order valence-electron chi connectivity index (χ1n) is 7.65. The molecule has 0 aliphatic carbocycles. The summed E-state index contributed by atoms with van der Waals surface area (Å²) in [5, 5.41) is 14.3. The lowest BCUT2D eigenvalue weighted by molar-refractivity contribution is -0.137. The summed E-state index contributed by atoms with van der Waals surface area (Å²) in [6.45, 7) is 0. The molecule has 140 valence electrons. The molecule has 27 heavy (non-hydrogen) atoms. The van der Waals surface area contributed by atoms with Gasteiger partial charge < -0.3 is 10.6 Å². The molecule has 3 aromatic rings. The third-order valence-electron chi connectivity index (χ3n) is 3.25. The highest BCUT2D eigenvalue weighted by Crippen LogP contribution is 2.30.